The van der Waals surface area contributed by atoms with Crippen molar-refractivity contribution in [1.29, 1.82) is 0 Å². The first-order valence-corrected chi connectivity index (χ1v) is 13.6. The summed E-state index contributed by atoms with van der Waals surface area (Å²) in [6.07, 6.45) is 0.908. The largest absolute Gasteiger partial charge is 0.495 e. The van der Waals surface area contributed by atoms with Gasteiger partial charge < -0.3 is 23.1 Å². The van der Waals surface area contributed by atoms with Crippen LogP contribution >= 0.6 is 0 Å². The Morgan fingerprint density at radius 3 is 1.30 bits per heavy atom. The maximum Gasteiger partial charge on any atom is 0.495 e. The van der Waals surface area contributed by atoms with Gasteiger partial charge >= 0.3 is 14.2 Å². The van der Waals surface area contributed by atoms with Crippen LogP contribution < -0.4 is 10.9 Å². The molecule has 0 aromatic heterocycles. The Hall–Kier alpha value is -1.63. The Kier molecular flexibility index (Phi) is 7.08. The molecular weight excluding hydrogens is 460 g/mol. The fourth-order valence-corrected chi connectivity index (χ4v) is 4.92. The van der Waals surface area contributed by atoms with E-state index in [9.17, 15) is 0 Å². The van der Waals surface area contributed by atoms with E-state index in [4.69, 9.17) is 18.6 Å². The highest BCUT2D eigenvalue weighted by Gasteiger charge is 2.53. The van der Waals surface area contributed by atoms with Crippen LogP contribution in [0.25, 0.3) is 11.1 Å². The number of quaternary nitrogens is 1. The van der Waals surface area contributed by atoms with Gasteiger partial charge in [-0.2, -0.15) is 0 Å². The highest BCUT2D eigenvalue weighted by molar-refractivity contribution is 6.63. The Morgan fingerprint density at radius 2 is 0.946 bits per heavy atom. The van der Waals surface area contributed by atoms with Gasteiger partial charge in [-0.05, 0) is 95.5 Å². The van der Waals surface area contributed by atoms with Crippen molar-refractivity contribution in [1.82, 2.24) is 0 Å². The van der Waals surface area contributed by atoms with Crippen molar-refractivity contribution in [2.45, 2.75) is 97.7 Å². The van der Waals surface area contributed by atoms with Crippen molar-refractivity contribution in [3.8, 4) is 11.1 Å². The minimum absolute atomic E-state index is 0.353. The molecule has 2 saturated heterocycles. The monoisotopic (exact) mass is 506 g/mol. The molecule has 2 heterocycles. The van der Waals surface area contributed by atoms with Gasteiger partial charge in [0.05, 0.1) is 43.5 Å². The molecule has 0 radical (unpaired) electrons. The third-order valence-electron chi connectivity index (χ3n) is 8.66. The molecule has 0 atom stereocenters. The van der Waals surface area contributed by atoms with Crippen LogP contribution in [0, 0.1) is 0 Å². The zero-order chi connectivity index (χ0) is 27.6. The van der Waals surface area contributed by atoms with Crippen LogP contribution in [-0.4, -0.2) is 62.3 Å². The minimum Gasteiger partial charge on any atom is -0.399 e. The van der Waals surface area contributed by atoms with Gasteiger partial charge in [0.25, 0.3) is 0 Å². The van der Waals surface area contributed by atoms with Crippen LogP contribution in [0.4, 0.5) is 0 Å². The fourth-order valence-electron chi connectivity index (χ4n) is 4.92. The number of nitrogens with zero attached hydrogens (tertiary/aromatic N) is 1. The van der Waals surface area contributed by atoms with Gasteiger partial charge in [-0.25, -0.2) is 0 Å². The third-order valence-corrected chi connectivity index (χ3v) is 8.66. The SMILES string of the molecule is CCc1cc(-c2ccc(B3OC(C)(C)C(C)(C)O3)c(C[N+](C)(C)C)c2)ccc1B1OC(C)(C)C(C)(C)O1. The first-order valence-electron chi connectivity index (χ1n) is 13.6. The molecule has 2 aromatic carbocycles. The van der Waals surface area contributed by atoms with E-state index in [-0.39, 0.29) is 36.6 Å². The van der Waals surface area contributed by atoms with Crippen LogP contribution in [0.5, 0.6) is 0 Å². The zero-order valence-electron chi connectivity index (χ0n) is 25.1. The summed E-state index contributed by atoms with van der Waals surface area (Å²) >= 11 is 0. The molecule has 0 aliphatic carbocycles. The molecule has 4 rings (SSSR count). The maximum atomic E-state index is 6.44. The lowest BCUT2D eigenvalue weighted by atomic mass is 9.73. The van der Waals surface area contributed by atoms with Crippen LogP contribution in [0.15, 0.2) is 36.4 Å². The van der Waals surface area contributed by atoms with Gasteiger partial charge in [0.2, 0.25) is 0 Å². The van der Waals surface area contributed by atoms with Crippen LogP contribution in [0.1, 0.15) is 73.4 Å². The number of hydrogen-bond donors (Lipinski definition) is 0. The van der Waals surface area contributed by atoms with Crippen molar-refractivity contribution < 1.29 is 23.1 Å². The topological polar surface area (TPSA) is 36.9 Å². The second-order valence-corrected chi connectivity index (χ2v) is 13.8. The summed E-state index contributed by atoms with van der Waals surface area (Å²) < 4.78 is 26.4. The third kappa shape index (κ3) is 5.44. The van der Waals surface area contributed by atoms with Gasteiger partial charge in [0.1, 0.15) is 6.54 Å². The minimum atomic E-state index is -0.377. The lowest BCUT2D eigenvalue weighted by Gasteiger charge is -2.32. The highest BCUT2D eigenvalue weighted by Crippen LogP contribution is 2.38. The Bertz CT molecular complexity index is 1130. The summed E-state index contributed by atoms with van der Waals surface area (Å²) in [6, 6.07) is 13.4. The molecule has 200 valence electrons. The average Bonchev–Trinajstić information content (AvgIpc) is 3.11. The second-order valence-electron chi connectivity index (χ2n) is 13.8. The molecule has 5 nitrogen and oxygen atoms in total. The molecule has 0 bridgehead atoms. The lowest BCUT2D eigenvalue weighted by Crippen LogP contribution is -2.41. The Labute approximate surface area is 225 Å². The molecule has 0 amide bonds. The zero-order valence-corrected chi connectivity index (χ0v) is 25.1. The molecular formula is C30H46B2NO4+. The summed E-state index contributed by atoms with van der Waals surface area (Å²) in [7, 11) is 5.92. The number of rotatable bonds is 6. The molecule has 2 aliphatic rings. The Morgan fingerprint density at radius 1 is 0.595 bits per heavy atom. The summed E-state index contributed by atoms with van der Waals surface area (Å²) in [5, 5.41) is 0. The molecule has 7 heteroatoms. The van der Waals surface area contributed by atoms with Crippen molar-refractivity contribution in [3.05, 3.63) is 47.5 Å². The molecule has 0 N–H and O–H groups in total. The number of benzene rings is 2. The predicted molar refractivity (Wildman–Crippen MR) is 154 cm³/mol. The van der Waals surface area contributed by atoms with E-state index in [0.717, 1.165) is 28.4 Å². The molecule has 0 unspecified atom stereocenters. The van der Waals surface area contributed by atoms with Gasteiger partial charge in [0, 0.05) is 5.56 Å². The van der Waals surface area contributed by atoms with E-state index in [1.54, 1.807) is 0 Å². The van der Waals surface area contributed by atoms with Gasteiger partial charge in [-0.1, -0.05) is 37.3 Å². The van der Waals surface area contributed by atoms with Crippen molar-refractivity contribution in [3.63, 3.8) is 0 Å². The average molecular weight is 506 g/mol. The van der Waals surface area contributed by atoms with E-state index in [0.29, 0.717) is 0 Å². The first kappa shape index (κ1) is 28.4. The number of aryl methyl sites for hydroxylation is 1. The summed E-state index contributed by atoms with van der Waals surface area (Å²) in [5.41, 5.74) is 5.66. The summed E-state index contributed by atoms with van der Waals surface area (Å²) in [5.74, 6) is 0. The Balaban J connectivity index is 1.70. The molecule has 37 heavy (non-hydrogen) atoms. The van der Waals surface area contributed by atoms with E-state index in [1.165, 1.54) is 22.3 Å². The smallest absolute Gasteiger partial charge is 0.399 e. The van der Waals surface area contributed by atoms with Gasteiger partial charge in [0.15, 0.2) is 0 Å². The highest BCUT2D eigenvalue weighted by atomic mass is 16.7. The standard InChI is InChI=1S/C30H46B2NO4/c1-13-21-18-22(14-16-25(21)31-34-27(2,3)28(4,5)35-31)23-15-17-26(24(19-23)20-33(10,11)12)32-36-29(6,7)30(8,9)37-32/h14-19H,13,20H2,1-12H3/q+1. The van der Waals surface area contributed by atoms with Crippen LogP contribution in [0.2, 0.25) is 0 Å². The van der Waals surface area contributed by atoms with Crippen molar-refractivity contribution in [2.24, 2.45) is 0 Å². The summed E-state index contributed by atoms with van der Waals surface area (Å²) in [4.78, 5) is 0. The lowest BCUT2D eigenvalue weighted by molar-refractivity contribution is -0.883. The van der Waals surface area contributed by atoms with Crippen molar-refractivity contribution >= 4 is 25.2 Å². The van der Waals surface area contributed by atoms with Crippen LogP contribution in [0.3, 0.4) is 0 Å². The molecule has 0 spiro atoms. The molecule has 2 aromatic rings. The van der Waals surface area contributed by atoms with Gasteiger partial charge in [-0.15, -0.1) is 0 Å². The van der Waals surface area contributed by atoms with E-state index in [2.05, 4.69) is 120 Å². The fraction of sp³-hybridized carbons (Fsp3) is 0.600. The molecule has 2 fully saturated rings. The predicted octanol–water partition coefficient (Wildman–Crippen LogP) is 4.72. The first-order chi connectivity index (χ1) is 16.9. The molecule has 2 aliphatic heterocycles. The normalized spacial score (nSPS) is 22.1. The second kappa shape index (κ2) is 9.24. The maximum absolute atomic E-state index is 6.44. The van der Waals surface area contributed by atoms with Crippen molar-refractivity contribution in [2.75, 3.05) is 21.1 Å². The summed E-state index contributed by atoms with van der Waals surface area (Å²) in [6.45, 7) is 19.9. The van der Waals surface area contributed by atoms with E-state index in [1.807, 2.05) is 0 Å². The van der Waals surface area contributed by atoms with E-state index < -0.39 is 0 Å². The quantitative estimate of drug-likeness (QED) is 0.420. The van der Waals surface area contributed by atoms with Crippen LogP contribution in [-0.2, 0) is 31.6 Å². The number of hydrogen-bond acceptors (Lipinski definition) is 4. The molecule has 0 saturated carbocycles. The van der Waals surface area contributed by atoms with E-state index >= 15 is 0 Å². The van der Waals surface area contributed by atoms with Gasteiger partial charge in [-0.3, -0.25) is 0 Å².